The van der Waals surface area contributed by atoms with Gasteiger partial charge in [0.1, 0.15) is 0 Å². The number of hydrogen-bond donors (Lipinski definition) is 1. The number of ether oxygens (including phenoxy) is 1. The van der Waals surface area contributed by atoms with Crippen molar-refractivity contribution in [3.63, 3.8) is 0 Å². The quantitative estimate of drug-likeness (QED) is 0.632. The van der Waals surface area contributed by atoms with Gasteiger partial charge in [-0.15, -0.1) is 12.4 Å². The van der Waals surface area contributed by atoms with Gasteiger partial charge in [-0.05, 0) is 38.9 Å². The van der Waals surface area contributed by atoms with E-state index in [0.29, 0.717) is 18.7 Å². The number of nitrogens with zero attached hydrogens (tertiary/aromatic N) is 2. The molecule has 1 amide bonds. The van der Waals surface area contributed by atoms with Gasteiger partial charge in [-0.1, -0.05) is 0 Å². The van der Waals surface area contributed by atoms with Gasteiger partial charge in [-0.2, -0.15) is 0 Å². The Kier molecular flexibility index (Phi) is 7.25. The van der Waals surface area contributed by atoms with Crippen LogP contribution in [0.2, 0.25) is 0 Å². The zero-order valence-corrected chi connectivity index (χ0v) is 14.1. The Morgan fingerprint density at radius 1 is 1.52 bits per heavy atom. The van der Waals surface area contributed by atoms with E-state index in [-0.39, 0.29) is 35.8 Å². The van der Waals surface area contributed by atoms with Gasteiger partial charge >= 0.3 is 5.69 Å². The van der Waals surface area contributed by atoms with Crippen LogP contribution in [0.15, 0.2) is 18.2 Å². The smallest absolute Gasteiger partial charge is 0.311 e. The minimum atomic E-state index is -0.517. The van der Waals surface area contributed by atoms with Gasteiger partial charge in [0.25, 0.3) is 5.91 Å². The lowest BCUT2D eigenvalue weighted by Gasteiger charge is -2.24. The monoisotopic (exact) mass is 343 g/mol. The third-order valence-electron chi connectivity index (χ3n) is 3.78. The Labute approximate surface area is 141 Å². The fourth-order valence-electron chi connectivity index (χ4n) is 2.79. The van der Waals surface area contributed by atoms with Crippen LogP contribution in [0.3, 0.4) is 0 Å². The first-order valence-electron chi connectivity index (χ1n) is 7.45. The van der Waals surface area contributed by atoms with Gasteiger partial charge < -0.3 is 15.0 Å². The van der Waals surface area contributed by atoms with Gasteiger partial charge in [0.05, 0.1) is 11.5 Å². The van der Waals surface area contributed by atoms with Gasteiger partial charge in [0, 0.05) is 30.8 Å². The number of benzene rings is 1. The number of hydrogen-bond acceptors (Lipinski definition) is 5. The van der Waals surface area contributed by atoms with E-state index in [4.69, 9.17) is 4.74 Å². The Bertz CT molecular complexity index is 568. The lowest BCUT2D eigenvalue weighted by molar-refractivity contribution is -0.385. The number of nitro groups is 1. The van der Waals surface area contributed by atoms with E-state index in [1.165, 1.54) is 12.1 Å². The van der Waals surface area contributed by atoms with Crippen molar-refractivity contribution in [2.24, 2.45) is 0 Å². The average molecular weight is 344 g/mol. The first-order chi connectivity index (χ1) is 10.6. The van der Waals surface area contributed by atoms with Gasteiger partial charge in [0.2, 0.25) is 0 Å². The molecule has 1 aromatic carbocycles. The number of amides is 1. The zero-order chi connectivity index (χ0) is 16.1. The molecule has 2 rings (SSSR count). The molecule has 1 N–H and O–H groups in total. The predicted octanol–water partition coefficient (Wildman–Crippen LogP) is 2.24. The SMILES string of the molecule is CCOc1ccc(C(=O)N2CCCC2CNC)cc1[N+](=O)[O-].Cl. The first kappa shape index (κ1) is 19.2. The third-order valence-corrected chi connectivity index (χ3v) is 3.78. The molecular formula is C15H22ClN3O4. The molecule has 1 saturated heterocycles. The van der Waals surface area contributed by atoms with E-state index >= 15 is 0 Å². The summed E-state index contributed by atoms with van der Waals surface area (Å²) in [6.07, 6.45) is 1.91. The van der Waals surface area contributed by atoms with Crippen LogP contribution in [0.25, 0.3) is 0 Å². The predicted molar refractivity (Wildman–Crippen MR) is 89.5 cm³/mol. The highest BCUT2D eigenvalue weighted by molar-refractivity contribution is 5.95. The van der Waals surface area contributed by atoms with E-state index < -0.39 is 4.92 Å². The second kappa shape index (κ2) is 8.69. The number of nitrogens with one attached hydrogen (secondary N) is 1. The second-order valence-corrected chi connectivity index (χ2v) is 5.22. The number of halogens is 1. The Morgan fingerprint density at radius 2 is 2.26 bits per heavy atom. The minimum Gasteiger partial charge on any atom is -0.487 e. The molecule has 1 atom stereocenters. The molecule has 0 aliphatic carbocycles. The summed E-state index contributed by atoms with van der Waals surface area (Å²) >= 11 is 0. The summed E-state index contributed by atoms with van der Waals surface area (Å²) in [6.45, 7) is 3.51. The Hall–Kier alpha value is -1.86. The summed E-state index contributed by atoms with van der Waals surface area (Å²) in [5.41, 5.74) is 0.162. The van der Waals surface area contributed by atoms with Crippen LogP contribution < -0.4 is 10.1 Å². The van der Waals surface area contributed by atoms with E-state index in [2.05, 4.69) is 5.32 Å². The summed E-state index contributed by atoms with van der Waals surface area (Å²) < 4.78 is 5.24. The van der Waals surface area contributed by atoms with Crippen LogP contribution in [-0.2, 0) is 0 Å². The number of likely N-dealkylation sites (tertiary alicyclic amines) is 1. The lowest BCUT2D eigenvalue weighted by Crippen LogP contribution is -2.40. The minimum absolute atomic E-state index is 0. The Morgan fingerprint density at radius 3 is 2.87 bits per heavy atom. The molecule has 1 heterocycles. The number of carbonyl (C=O) groups excluding carboxylic acids is 1. The molecule has 1 unspecified atom stereocenters. The average Bonchev–Trinajstić information content (AvgIpc) is 2.95. The summed E-state index contributed by atoms with van der Waals surface area (Å²) in [5.74, 6) is 0.0288. The molecule has 0 spiro atoms. The molecule has 1 fully saturated rings. The molecule has 1 aliphatic rings. The maximum atomic E-state index is 12.6. The molecule has 0 saturated carbocycles. The van der Waals surface area contributed by atoms with Gasteiger partial charge in [-0.3, -0.25) is 14.9 Å². The second-order valence-electron chi connectivity index (χ2n) is 5.22. The third kappa shape index (κ3) is 4.33. The molecule has 8 heteroatoms. The number of likely N-dealkylation sites (N-methyl/N-ethyl adjacent to an activating group) is 1. The van der Waals surface area contributed by atoms with Crippen molar-refractivity contribution in [1.29, 1.82) is 0 Å². The number of rotatable bonds is 6. The topological polar surface area (TPSA) is 84.7 Å². The molecule has 128 valence electrons. The van der Waals surface area contributed by atoms with Crippen molar-refractivity contribution in [3.05, 3.63) is 33.9 Å². The molecule has 0 bridgehead atoms. The summed E-state index contributed by atoms with van der Waals surface area (Å²) in [6, 6.07) is 4.54. The van der Waals surface area contributed by atoms with Gasteiger partial charge in [0.15, 0.2) is 5.75 Å². The van der Waals surface area contributed by atoms with E-state index in [9.17, 15) is 14.9 Å². The number of nitro benzene ring substituents is 1. The van der Waals surface area contributed by atoms with Crippen molar-refractivity contribution in [2.45, 2.75) is 25.8 Å². The lowest BCUT2D eigenvalue weighted by atomic mass is 10.1. The van der Waals surface area contributed by atoms with Crippen molar-refractivity contribution >= 4 is 24.0 Å². The van der Waals surface area contributed by atoms with E-state index in [1.54, 1.807) is 17.9 Å². The normalized spacial score (nSPS) is 16.8. The highest BCUT2D eigenvalue weighted by Crippen LogP contribution is 2.29. The van der Waals surface area contributed by atoms with Crippen molar-refractivity contribution in [2.75, 3.05) is 26.7 Å². The van der Waals surface area contributed by atoms with Crippen LogP contribution >= 0.6 is 12.4 Å². The fourth-order valence-corrected chi connectivity index (χ4v) is 2.79. The van der Waals surface area contributed by atoms with Crippen molar-refractivity contribution in [1.82, 2.24) is 10.2 Å². The van der Waals surface area contributed by atoms with E-state index in [1.807, 2.05) is 7.05 Å². The van der Waals surface area contributed by atoms with E-state index in [0.717, 1.165) is 19.4 Å². The standard InChI is InChI=1S/C15H21N3O4.ClH/c1-3-22-14-7-6-11(9-13(14)18(20)21)15(19)17-8-4-5-12(17)10-16-2;/h6-7,9,12,16H,3-5,8,10H2,1-2H3;1H. The molecule has 0 aromatic heterocycles. The zero-order valence-electron chi connectivity index (χ0n) is 13.3. The summed E-state index contributed by atoms with van der Waals surface area (Å²) in [5, 5.41) is 14.2. The highest BCUT2D eigenvalue weighted by Gasteiger charge is 2.30. The molecule has 0 radical (unpaired) electrons. The molecule has 23 heavy (non-hydrogen) atoms. The maximum Gasteiger partial charge on any atom is 0.311 e. The van der Waals surface area contributed by atoms with Crippen LogP contribution in [0.5, 0.6) is 5.75 Å². The Balaban J connectivity index is 0.00000264. The van der Waals surface area contributed by atoms with Crippen molar-refractivity contribution in [3.8, 4) is 5.75 Å². The van der Waals surface area contributed by atoms with Crippen LogP contribution in [0.1, 0.15) is 30.1 Å². The number of carbonyl (C=O) groups is 1. The van der Waals surface area contributed by atoms with Crippen LogP contribution in [0.4, 0.5) is 5.69 Å². The molecule has 7 nitrogen and oxygen atoms in total. The summed E-state index contributed by atoms with van der Waals surface area (Å²) in [7, 11) is 1.85. The fraction of sp³-hybridized carbons (Fsp3) is 0.533. The molecule has 1 aromatic rings. The van der Waals surface area contributed by atoms with Crippen LogP contribution in [0, 0.1) is 10.1 Å². The maximum absolute atomic E-state index is 12.6. The van der Waals surface area contributed by atoms with Crippen LogP contribution in [-0.4, -0.2) is 48.5 Å². The first-order valence-corrected chi connectivity index (χ1v) is 7.45. The summed E-state index contributed by atoms with van der Waals surface area (Å²) in [4.78, 5) is 25.0. The van der Waals surface area contributed by atoms with Crippen molar-refractivity contribution < 1.29 is 14.5 Å². The molecule has 1 aliphatic heterocycles. The molecular weight excluding hydrogens is 322 g/mol. The largest absolute Gasteiger partial charge is 0.487 e. The van der Waals surface area contributed by atoms with Gasteiger partial charge in [-0.25, -0.2) is 0 Å². The highest BCUT2D eigenvalue weighted by atomic mass is 35.5.